The predicted molar refractivity (Wildman–Crippen MR) is 69.1 cm³/mol. The van der Waals surface area contributed by atoms with Gasteiger partial charge in [-0.25, -0.2) is 0 Å². The number of hydrogen-bond acceptors (Lipinski definition) is 3. The molecule has 0 bridgehead atoms. The fourth-order valence-corrected chi connectivity index (χ4v) is 1.29. The summed E-state index contributed by atoms with van der Waals surface area (Å²) >= 11 is 0. The van der Waals surface area contributed by atoms with Crippen molar-refractivity contribution < 1.29 is 9.53 Å². The summed E-state index contributed by atoms with van der Waals surface area (Å²) in [5.74, 6) is 0.636. The molecule has 4 heteroatoms. The maximum Gasteiger partial charge on any atom is 0.258 e. The van der Waals surface area contributed by atoms with Gasteiger partial charge < -0.3 is 10.1 Å². The Hall–Kier alpha value is -2.02. The number of para-hydroxylation sites is 1. The van der Waals surface area contributed by atoms with Gasteiger partial charge in [0.25, 0.3) is 5.91 Å². The highest BCUT2D eigenvalue weighted by Crippen LogP contribution is 2.16. The highest BCUT2D eigenvalue weighted by molar-refractivity contribution is 5.77. The Bertz CT molecular complexity index is 449. The van der Waals surface area contributed by atoms with Crippen LogP contribution < -0.4 is 10.1 Å². The fraction of sp³-hybridized carbons (Fsp3) is 0.429. The van der Waals surface area contributed by atoms with Gasteiger partial charge in [0, 0.05) is 6.04 Å². The summed E-state index contributed by atoms with van der Waals surface area (Å²) in [6.45, 7) is 5.95. The molecule has 1 atom stereocenters. The van der Waals surface area contributed by atoms with Crippen LogP contribution in [0.5, 0.6) is 5.75 Å². The van der Waals surface area contributed by atoms with E-state index in [4.69, 9.17) is 10.00 Å². The highest BCUT2D eigenvalue weighted by atomic mass is 16.5. The van der Waals surface area contributed by atoms with Crippen LogP contribution >= 0.6 is 0 Å². The van der Waals surface area contributed by atoms with E-state index < -0.39 is 0 Å². The first-order valence-electron chi connectivity index (χ1n) is 5.96. The molecular weight excluding hydrogens is 228 g/mol. The van der Waals surface area contributed by atoms with Gasteiger partial charge in [-0.2, -0.15) is 5.26 Å². The molecule has 0 aliphatic carbocycles. The molecule has 96 valence electrons. The second-order valence-corrected chi connectivity index (χ2v) is 4.50. The fourth-order valence-electron chi connectivity index (χ4n) is 1.29. The van der Waals surface area contributed by atoms with Gasteiger partial charge in [0.1, 0.15) is 11.8 Å². The Labute approximate surface area is 108 Å². The van der Waals surface area contributed by atoms with Crippen LogP contribution in [0.1, 0.15) is 26.3 Å². The van der Waals surface area contributed by atoms with Crippen LogP contribution in [-0.4, -0.2) is 18.6 Å². The zero-order valence-electron chi connectivity index (χ0n) is 10.9. The summed E-state index contributed by atoms with van der Waals surface area (Å²) in [6.07, 6.45) is 0. The number of rotatable bonds is 5. The van der Waals surface area contributed by atoms with E-state index in [1.165, 1.54) is 0 Å². The maximum atomic E-state index is 11.6. The van der Waals surface area contributed by atoms with Gasteiger partial charge in [-0.3, -0.25) is 4.79 Å². The second kappa shape index (κ2) is 6.65. The lowest BCUT2D eigenvalue weighted by Crippen LogP contribution is -2.39. The van der Waals surface area contributed by atoms with Crippen LogP contribution in [-0.2, 0) is 4.79 Å². The zero-order valence-corrected chi connectivity index (χ0v) is 10.9. The average Bonchev–Trinajstić information content (AvgIpc) is 2.36. The van der Waals surface area contributed by atoms with Gasteiger partial charge in [-0.15, -0.1) is 0 Å². The molecule has 0 spiro atoms. The average molecular weight is 246 g/mol. The molecule has 1 aromatic rings. The van der Waals surface area contributed by atoms with Gasteiger partial charge in [-0.1, -0.05) is 26.0 Å². The van der Waals surface area contributed by atoms with Crippen molar-refractivity contribution >= 4 is 5.91 Å². The Morgan fingerprint density at radius 3 is 2.67 bits per heavy atom. The lowest BCUT2D eigenvalue weighted by atomic mass is 10.1. The lowest BCUT2D eigenvalue weighted by Gasteiger charge is -2.17. The van der Waals surface area contributed by atoms with Crippen LogP contribution in [0.25, 0.3) is 0 Å². The van der Waals surface area contributed by atoms with Gasteiger partial charge in [0.15, 0.2) is 6.61 Å². The molecule has 1 aromatic carbocycles. The van der Waals surface area contributed by atoms with Crippen LogP contribution in [0.15, 0.2) is 24.3 Å². The summed E-state index contributed by atoms with van der Waals surface area (Å²) in [4.78, 5) is 11.6. The summed E-state index contributed by atoms with van der Waals surface area (Å²) < 4.78 is 5.34. The molecule has 0 aliphatic heterocycles. The third kappa shape index (κ3) is 4.10. The first kappa shape index (κ1) is 14.0. The van der Waals surface area contributed by atoms with Crippen molar-refractivity contribution in [3.63, 3.8) is 0 Å². The van der Waals surface area contributed by atoms with Gasteiger partial charge in [0.2, 0.25) is 0 Å². The molecular formula is C14H18N2O2. The minimum atomic E-state index is -0.177. The molecule has 18 heavy (non-hydrogen) atoms. The van der Waals surface area contributed by atoms with E-state index in [2.05, 4.69) is 5.32 Å². The van der Waals surface area contributed by atoms with E-state index in [1.54, 1.807) is 24.3 Å². The molecule has 4 nitrogen and oxygen atoms in total. The van der Waals surface area contributed by atoms with Crippen molar-refractivity contribution in [2.45, 2.75) is 26.8 Å². The quantitative estimate of drug-likeness (QED) is 0.865. The van der Waals surface area contributed by atoms with E-state index in [1.807, 2.05) is 26.8 Å². The second-order valence-electron chi connectivity index (χ2n) is 4.50. The molecule has 1 amide bonds. The van der Waals surface area contributed by atoms with Crippen molar-refractivity contribution in [1.29, 1.82) is 5.26 Å². The first-order valence-corrected chi connectivity index (χ1v) is 5.96. The monoisotopic (exact) mass is 246 g/mol. The molecule has 0 aromatic heterocycles. The zero-order chi connectivity index (χ0) is 13.5. The van der Waals surface area contributed by atoms with Crippen LogP contribution in [0.2, 0.25) is 0 Å². The van der Waals surface area contributed by atoms with Crippen molar-refractivity contribution in [2.75, 3.05) is 6.61 Å². The topological polar surface area (TPSA) is 62.1 Å². The molecule has 0 aliphatic rings. The number of nitrogens with one attached hydrogen (secondary N) is 1. The minimum Gasteiger partial charge on any atom is -0.482 e. The van der Waals surface area contributed by atoms with Gasteiger partial charge >= 0.3 is 0 Å². The van der Waals surface area contributed by atoms with Crippen LogP contribution in [0.4, 0.5) is 0 Å². The van der Waals surface area contributed by atoms with Crippen molar-refractivity contribution in [1.82, 2.24) is 5.32 Å². The number of benzene rings is 1. The summed E-state index contributed by atoms with van der Waals surface area (Å²) in [5.41, 5.74) is 0.433. The van der Waals surface area contributed by atoms with E-state index in [-0.39, 0.29) is 18.6 Å². The maximum absolute atomic E-state index is 11.6. The summed E-state index contributed by atoms with van der Waals surface area (Å²) in [5, 5.41) is 11.7. The van der Waals surface area contributed by atoms with Crippen molar-refractivity contribution in [3.8, 4) is 11.8 Å². The Morgan fingerprint density at radius 1 is 1.39 bits per heavy atom. The number of nitrogens with zero attached hydrogens (tertiary/aromatic N) is 1. The third-order valence-electron chi connectivity index (χ3n) is 2.75. The third-order valence-corrected chi connectivity index (χ3v) is 2.75. The van der Waals surface area contributed by atoms with Crippen LogP contribution in [0.3, 0.4) is 0 Å². The Kier molecular flexibility index (Phi) is 5.19. The number of nitriles is 1. The number of ether oxygens (including phenoxy) is 1. The summed E-state index contributed by atoms with van der Waals surface area (Å²) in [7, 11) is 0. The van der Waals surface area contributed by atoms with Gasteiger partial charge in [0.05, 0.1) is 5.56 Å². The Morgan fingerprint density at radius 2 is 2.06 bits per heavy atom. The molecule has 0 unspecified atom stereocenters. The molecule has 0 saturated heterocycles. The largest absolute Gasteiger partial charge is 0.482 e. The predicted octanol–water partition coefficient (Wildman–Crippen LogP) is 2.10. The molecule has 0 radical (unpaired) electrons. The molecule has 1 N–H and O–H groups in total. The minimum absolute atomic E-state index is 0.0737. The molecule has 1 rings (SSSR count). The standard InChI is InChI=1S/C14H18N2O2/c1-10(2)11(3)16-14(17)9-18-13-7-5-4-6-12(13)8-15/h4-7,10-11H,9H2,1-3H3,(H,16,17)/t11-/m0/s1. The normalized spacial score (nSPS) is 11.7. The summed E-state index contributed by atoms with van der Waals surface area (Å²) in [6, 6.07) is 8.99. The first-order chi connectivity index (χ1) is 8.54. The number of carbonyl (C=O) groups excluding carboxylic acids is 1. The van der Waals surface area contributed by atoms with E-state index in [0.717, 1.165) is 0 Å². The highest BCUT2D eigenvalue weighted by Gasteiger charge is 2.11. The molecule has 0 fully saturated rings. The lowest BCUT2D eigenvalue weighted by molar-refractivity contribution is -0.124. The Balaban J connectivity index is 2.51. The number of amides is 1. The van der Waals surface area contributed by atoms with Crippen molar-refractivity contribution in [3.05, 3.63) is 29.8 Å². The van der Waals surface area contributed by atoms with Crippen molar-refractivity contribution in [2.24, 2.45) is 5.92 Å². The van der Waals surface area contributed by atoms with Crippen LogP contribution in [0, 0.1) is 17.2 Å². The smallest absolute Gasteiger partial charge is 0.258 e. The molecule has 0 saturated carbocycles. The van der Waals surface area contributed by atoms with E-state index >= 15 is 0 Å². The van der Waals surface area contributed by atoms with E-state index in [9.17, 15) is 4.79 Å². The molecule has 0 heterocycles. The van der Waals surface area contributed by atoms with E-state index in [0.29, 0.717) is 17.2 Å². The number of carbonyl (C=O) groups is 1. The van der Waals surface area contributed by atoms with Gasteiger partial charge in [-0.05, 0) is 25.0 Å². The SMILES string of the molecule is CC(C)[C@H](C)NC(=O)COc1ccccc1C#N. The number of hydrogen-bond donors (Lipinski definition) is 1.